The summed E-state index contributed by atoms with van der Waals surface area (Å²) in [7, 11) is 0. The van der Waals surface area contributed by atoms with Crippen LogP contribution in [0.1, 0.15) is 41.5 Å². The number of ketones is 1. The fourth-order valence-electron chi connectivity index (χ4n) is 2.94. The van der Waals surface area contributed by atoms with Crippen molar-refractivity contribution >= 4 is 34.7 Å². The van der Waals surface area contributed by atoms with E-state index in [-0.39, 0.29) is 17.0 Å². The summed E-state index contributed by atoms with van der Waals surface area (Å²) in [5.41, 5.74) is 0.880. The van der Waals surface area contributed by atoms with E-state index < -0.39 is 23.4 Å². The van der Waals surface area contributed by atoms with Crippen molar-refractivity contribution in [2.45, 2.75) is 20.8 Å². The lowest BCUT2D eigenvalue weighted by molar-refractivity contribution is -0.384. The van der Waals surface area contributed by atoms with Gasteiger partial charge < -0.3 is 15.0 Å². The van der Waals surface area contributed by atoms with Crippen LogP contribution in [0.15, 0.2) is 42.5 Å². The lowest BCUT2D eigenvalue weighted by atomic mass is 10.1. The molecule has 9 heteroatoms. The van der Waals surface area contributed by atoms with Crippen molar-refractivity contribution in [3.8, 4) is 0 Å². The highest BCUT2D eigenvalue weighted by Gasteiger charge is 2.21. The molecule has 0 radical (unpaired) electrons. The molecule has 158 valence electrons. The fraction of sp³-hybridized carbons (Fsp3) is 0.286. The number of Topliss-reactive ketones (excluding diaryl/α,β-unsaturated/α-hetero) is 1. The number of hydrogen-bond donors (Lipinski definition) is 1. The van der Waals surface area contributed by atoms with Crippen molar-refractivity contribution in [1.82, 2.24) is 0 Å². The smallest absolute Gasteiger partial charge is 0.341 e. The van der Waals surface area contributed by atoms with Crippen LogP contribution < -0.4 is 10.2 Å². The molecular formula is C21H23N3O6. The van der Waals surface area contributed by atoms with Crippen LogP contribution >= 0.6 is 0 Å². The van der Waals surface area contributed by atoms with Gasteiger partial charge in [-0.1, -0.05) is 12.1 Å². The molecule has 0 saturated carbocycles. The maximum atomic E-state index is 12.6. The van der Waals surface area contributed by atoms with Crippen molar-refractivity contribution in [2.75, 3.05) is 29.9 Å². The van der Waals surface area contributed by atoms with Gasteiger partial charge in [0.25, 0.3) is 11.6 Å². The summed E-state index contributed by atoms with van der Waals surface area (Å²) in [5, 5.41) is 13.6. The van der Waals surface area contributed by atoms with Crippen molar-refractivity contribution in [1.29, 1.82) is 0 Å². The third kappa shape index (κ3) is 5.40. The molecular weight excluding hydrogens is 390 g/mol. The van der Waals surface area contributed by atoms with E-state index in [2.05, 4.69) is 5.32 Å². The number of non-ortho nitro benzene ring substituents is 1. The molecule has 0 heterocycles. The number of nitro benzene ring substituents is 1. The Morgan fingerprint density at radius 3 is 2.33 bits per heavy atom. The second-order valence-electron chi connectivity index (χ2n) is 6.36. The van der Waals surface area contributed by atoms with Crippen LogP contribution in [0.5, 0.6) is 0 Å². The van der Waals surface area contributed by atoms with E-state index in [1.165, 1.54) is 19.1 Å². The first-order valence-electron chi connectivity index (χ1n) is 9.38. The van der Waals surface area contributed by atoms with Gasteiger partial charge in [-0.2, -0.15) is 0 Å². The average Bonchev–Trinajstić information content (AvgIpc) is 2.73. The standard InChI is InChI=1S/C21H23N3O6/c1-4-23(5-2)19-11-10-15(24(28)29)12-17(19)21(27)30-13-20(26)22-18-9-7-6-8-16(18)14(3)25/h6-12H,4-5,13H2,1-3H3,(H,22,26). The van der Waals surface area contributed by atoms with Crippen LogP contribution in [0.2, 0.25) is 0 Å². The van der Waals surface area contributed by atoms with Gasteiger partial charge in [-0.05, 0) is 39.0 Å². The van der Waals surface area contributed by atoms with E-state index in [0.717, 1.165) is 6.07 Å². The van der Waals surface area contributed by atoms with E-state index in [1.807, 2.05) is 18.7 Å². The minimum absolute atomic E-state index is 0.00448. The van der Waals surface area contributed by atoms with Crippen LogP contribution in [0, 0.1) is 10.1 Å². The first-order valence-corrected chi connectivity index (χ1v) is 9.38. The van der Waals surface area contributed by atoms with Crippen LogP contribution in [-0.4, -0.2) is 42.3 Å². The maximum Gasteiger partial charge on any atom is 0.341 e. The molecule has 0 aliphatic rings. The number of carbonyl (C=O) groups excluding carboxylic acids is 3. The zero-order valence-corrected chi connectivity index (χ0v) is 17.0. The van der Waals surface area contributed by atoms with Gasteiger partial charge in [0.15, 0.2) is 12.4 Å². The van der Waals surface area contributed by atoms with E-state index in [9.17, 15) is 24.5 Å². The minimum atomic E-state index is -0.851. The van der Waals surface area contributed by atoms with Gasteiger partial charge in [0.2, 0.25) is 0 Å². The Labute approximate surface area is 173 Å². The summed E-state index contributed by atoms with van der Waals surface area (Å²) in [6.45, 7) is 5.71. The number of hydrogen-bond acceptors (Lipinski definition) is 7. The van der Waals surface area contributed by atoms with Gasteiger partial charge in [0, 0.05) is 30.8 Å². The number of para-hydroxylation sites is 1. The first kappa shape index (κ1) is 22.5. The topological polar surface area (TPSA) is 119 Å². The fourth-order valence-corrected chi connectivity index (χ4v) is 2.94. The number of benzene rings is 2. The largest absolute Gasteiger partial charge is 0.452 e. The SMILES string of the molecule is CCN(CC)c1ccc([N+](=O)[O-])cc1C(=O)OCC(=O)Nc1ccccc1C(C)=O. The van der Waals surface area contributed by atoms with Gasteiger partial charge >= 0.3 is 5.97 Å². The summed E-state index contributed by atoms with van der Waals surface area (Å²) in [6, 6.07) is 10.4. The third-order valence-electron chi connectivity index (χ3n) is 4.43. The molecule has 1 amide bonds. The van der Waals surface area contributed by atoms with Crippen molar-refractivity contribution in [3.63, 3.8) is 0 Å². The number of carbonyl (C=O) groups is 3. The predicted octanol–water partition coefficient (Wildman–Crippen LogP) is 3.44. The molecule has 0 unspecified atom stereocenters. The number of ether oxygens (including phenoxy) is 1. The van der Waals surface area contributed by atoms with Crippen LogP contribution in [0.3, 0.4) is 0 Å². The molecule has 30 heavy (non-hydrogen) atoms. The Bertz CT molecular complexity index is 969. The van der Waals surface area contributed by atoms with Crippen LogP contribution in [0.25, 0.3) is 0 Å². The summed E-state index contributed by atoms with van der Waals surface area (Å²) >= 11 is 0. The Morgan fingerprint density at radius 2 is 1.73 bits per heavy atom. The monoisotopic (exact) mass is 413 g/mol. The number of nitrogens with one attached hydrogen (secondary N) is 1. The van der Waals surface area contributed by atoms with Crippen molar-refractivity contribution in [3.05, 3.63) is 63.7 Å². The number of esters is 1. The molecule has 2 aromatic carbocycles. The highest BCUT2D eigenvalue weighted by molar-refractivity contribution is 6.04. The summed E-state index contributed by atoms with van der Waals surface area (Å²) in [6.07, 6.45) is 0. The van der Waals surface area contributed by atoms with E-state index in [4.69, 9.17) is 4.74 Å². The molecule has 0 aliphatic carbocycles. The molecule has 0 fully saturated rings. The molecule has 9 nitrogen and oxygen atoms in total. The third-order valence-corrected chi connectivity index (χ3v) is 4.43. The van der Waals surface area contributed by atoms with Crippen molar-refractivity contribution in [2.24, 2.45) is 0 Å². The average molecular weight is 413 g/mol. The normalized spacial score (nSPS) is 10.2. The second kappa shape index (κ2) is 10.1. The van der Waals surface area contributed by atoms with Gasteiger partial charge in [0.05, 0.1) is 21.9 Å². The molecule has 1 N–H and O–H groups in total. The number of anilines is 2. The Balaban J connectivity index is 2.17. The highest BCUT2D eigenvalue weighted by atomic mass is 16.6. The molecule has 2 aromatic rings. The number of rotatable bonds is 9. The predicted molar refractivity (Wildman–Crippen MR) is 112 cm³/mol. The summed E-state index contributed by atoms with van der Waals surface area (Å²) in [4.78, 5) is 48.8. The number of nitro groups is 1. The molecule has 2 rings (SSSR count). The molecule has 0 aliphatic heterocycles. The quantitative estimate of drug-likeness (QED) is 0.289. The lowest BCUT2D eigenvalue weighted by Crippen LogP contribution is -2.26. The van der Waals surface area contributed by atoms with Gasteiger partial charge in [-0.15, -0.1) is 0 Å². The van der Waals surface area contributed by atoms with Gasteiger partial charge in [-0.3, -0.25) is 19.7 Å². The maximum absolute atomic E-state index is 12.6. The molecule has 0 saturated heterocycles. The minimum Gasteiger partial charge on any atom is -0.452 e. The second-order valence-corrected chi connectivity index (χ2v) is 6.36. The lowest BCUT2D eigenvalue weighted by Gasteiger charge is -2.23. The molecule has 0 aromatic heterocycles. The van der Waals surface area contributed by atoms with Gasteiger partial charge in [-0.25, -0.2) is 4.79 Å². The number of amides is 1. The van der Waals surface area contributed by atoms with Crippen LogP contribution in [-0.2, 0) is 9.53 Å². The van der Waals surface area contributed by atoms with E-state index in [1.54, 1.807) is 24.3 Å². The Morgan fingerprint density at radius 1 is 1.07 bits per heavy atom. The molecule has 0 spiro atoms. The summed E-state index contributed by atoms with van der Waals surface area (Å²) < 4.78 is 5.09. The summed E-state index contributed by atoms with van der Waals surface area (Å²) in [5.74, 6) is -1.70. The molecule has 0 bridgehead atoms. The van der Waals surface area contributed by atoms with E-state index in [0.29, 0.717) is 30.0 Å². The van der Waals surface area contributed by atoms with Gasteiger partial charge in [0.1, 0.15) is 0 Å². The zero-order valence-electron chi connectivity index (χ0n) is 17.0. The van der Waals surface area contributed by atoms with Crippen molar-refractivity contribution < 1.29 is 24.0 Å². The first-order chi connectivity index (χ1) is 14.3. The molecule has 0 atom stereocenters. The van der Waals surface area contributed by atoms with E-state index >= 15 is 0 Å². The Hall–Kier alpha value is -3.75. The zero-order chi connectivity index (χ0) is 22.3. The van der Waals surface area contributed by atoms with Crippen LogP contribution in [0.4, 0.5) is 17.1 Å². The Kier molecular flexibility index (Phi) is 7.62. The number of nitrogens with zero attached hydrogens (tertiary/aromatic N) is 2. The highest BCUT2D eigenvalue weighted by Crippen LogP contribution is 2.26.